The van der Waals surface area contributed by atoms with Crippen LogP contribution < -0.4 is 19.5 Å². The fourth-order valence-electron chi connectivity index (χ4n) is 2.88. The molecule has 0 aliphatic rings. The van der Waals surface area contributed by atoms with Crippen LogP contribution in [0.1, 0.15) is 11.1 Å². The van der Waals surface area contributed by atoms with Crippen LogP contribution in [0, 0.1) is 6.92 Å². The van der Waals surface area contributed by atoms with Crippen molar-refractivity contribution in [3.8, 4) is 11.5 Å². The molecule has 0 saturated heterocycles. The minimum atomic E-state index is -3.80. The van der Waals surface area contributed by atoms with Crippen LogP contribution in [0.3, 0.4) is 0 Å². The summed E-state index contributed by atoms with van der Waals surface area (Å²) in [4.78, 5) is 12.2. The smallest absolute Gasteiger partial charge is 0.261 e. The highest BCUT2D eigenvalue weighted by Gasteiger charge is 2.16. The van der Waals surface area contributed by atoms with Crippen molar-refractivity contribution < 1.29 is 22.7 Å². The van der Waals surface area contributed by atoms with Gasteiger partial charge in [-0.1, -0.05) is 29.3 Å². The summed E-state index contributed by atoms with van der Waals surface area (Å²) in [6.07, 6.45) is 0. The van der Waals surface area contributed by atoms with Gasteiger partial charge in [-0.15, -0.1) is 0 Å². The number of anilines is 1. The zero-order valence-electron chi connectivity index (χ0n) is 17.9. The number of nitrogens with one attached hydrogen (secondary N) is 2. The van der Waals surface area contributed by atoms with Gasteiger partial charge in [-0.05, 0) is 72.6 Å². The predicted molar refractivity (Wildman–Crippen MR) is 129 cm³/mol. The summed E-state index contributed by atoms with van der Waals surface area (Å²) < 4.78 is 38.5. The minimum absolute atomic E-state index is 0.0741. The second kappa shape index (κ2) is 10.8. The molecule has 3 aromatic carbocycles. The lowest BCUT2D eigenvalue weighted by molar-refractivity contribution is -0.123. The molecule has 0 aromatic heterocycles. The number of hydrogen-bond donors (Lipinski definition) is 2. The van der Waals surface area contributed by atoms with Crippen LogP contribution in [-0.4, -0.2) is 28.0 Å². The third-order valence-corrected chi connectivity index (χ3v) is 6.61. The summed E-state index contributed by atoms with van der Waals surface area (Å²) in [5, 5.41) is 3.68. The Morgan fingerprint density at radius 2 is 1.73 bits per heavy atom. The van der Waals surface area contributed by atoms with E-state index in [2.05, 4.69) is 10.0 Å². The molecule has 174 valence electrons. The van der Waals surface area contributed by atoms with Gasteiger partial charge in [-0.25, -0.2) is 8.42 Å². The Hall–Kier alpha value is -2.94. The Balaban J connectivity index is 1.58. The number of rotatable bonds is 9. The van der Waals surface area contributed by atoms with Crippen molar-refractivity contribution >= 4 is 44.8 Å². The van der Waals surface area contributed by atoms with Gasteiger partial charge in [0.25, 0.3) is 15.9 Å². The van der Waals surface area contributed by atoms with Gasteiger partial charge in [0.05, 0.1) is 12.0 Å². The van der Waals surface area contributed by atoms with E-state index in [1.807, 2.05) is 0 Å². The molecule has 33 heavy (non-hydrogen) atoms. The Morgan fingerprint density at radius 1 is 1.00 bits per heavy atom. The van der Waals surface area contributed by atoms with Gasteiger partial charge in [0.2, 0.25) is 0 Å². The number of methoxy groups -OCH3 is 1. The Morgan fingerprint density at radius 3 is 2.36 bits per heavy atom. The topological polar surface area (TPSA) is 93.7 Å². The number of halogens is 2. The second-order valence-corrected chi connectivity index (χ2v) is 9.59. The lowest BCUT2D eigenvalue weighted by Gasteiger charge is -2.13. The van der Waals surface area contributed by atoms with Crippen LogP contribution in [0.15, 0.2) is 65.6 Å². The highest BCUT2D eigenvalue weighted by Crippen LogP contribution is 2.25. The van der Waals surface area contributed by atoms with Gasteiger partial charge in [0.1, 0.15) is 11.5 Å². The average Bonchev–Trinajstić information content (AvgIpc) is 2.78. The molecule has 0 aliphatic carbocycles. The van der Waals surface area contributed by atoms with E-state index in [-0.39, 0.29) is 24.0 Å². The van der Waals surface area contributed by atoms with Gasteiger partial charge in [0, 0.05) is 22.3 Å². The van der Waals surface area contributed by atoms with Gasteiger partial charge in [-0.3, -0.25) is 9.52 Å². The number of sulfonamides is 1. The van der Waals surface area contributed by atoms with Crippen molar-refractivity contribution in [2.75, 3.05) is 18.4 Å². The third-order valence-electron chi connectivity index (χ3n) is 4.65. The maximum Gasteiger partial charge on any atom is 0.261 e. The van der Waals surface area contributed by atoms with E-state index in [0.717, 1.165) is 5.56 Å². The molecule has 3 rings (SSSR count). The second-order valence-electron chi connectivity index (χ2n) is 7.06. The molecule has 3 aromatic rings. The molecule has 0 fully saturated rings. The van der Waals surface area contributed by atoms with Crippen LogP contribution in [0.25, 0.3) is 0 Å². The Bertz CT molecular complexity index is 1250. The van der Waals surface area contributed by atoms with E-state index in [4.69, 9.17) is 32.7 Å². The van der Waals surface area contributed by atoms with E-state index in [0.29, 0.717) is 32.8 Å². The summed E-state index contributed by atoms with van der Waals surface area (Å²) in [5.74, 6) is 0.673. The average molecular weight is 509 g/mol. The Labute approximate surface area is 202 Å². The van der Waals surface area contributed by atoms with Gasteiger partial charge in [0.15, 0.2) is 6.61 Å². The number of hydrogen-bond acceptors (Lipinski definition) is 5. The lowest BCUT2D eigenvalue weighted by Crippen LogP contribution is -2.28. The standard InChI is InChI=1S/C23H22Cl2N2O5S/c1-15-11-20(33(29,30)27-18-5-7-19(31-2)8-6-18)9-10-22(15)32-14-23(28)26-13-16-3-4-17(24)12-21(16)25/h3-12,27H,13-14H2,1-2H3,(H,26,28). The van der Waals surface area contributed by atoms with E-state index < -0.39 is 10.0 Å². The number of carbonyl (C=O) groups is 1. The molecule has 0 radical (unpaired) electrons. The monoisotopic (exact) mass is 508 g/mol. The molecule has 7 nitrogen and oxygen atoms in total. The zero-order valence-corrected chi connectivity index (χ0v) is 20.2. The molecule has 0 atom stereocenters. The van der Waals surface area contributed by atoms with Crippen LogP contribution in [0.5, 0.6) is 11.5 Å². The van der Waals surface area contributed by atoms with Crippen molar-refractivity contribution in [2.45, 2.75) is 18.4 Å². The molecular formula is C23H22Cl2N2O5S. The van der Waals surface area contributed by atoms with Crippen LogP contribution in [0.2, 0.25) is 10.0 Å². The van der Waals surface area contributed by atoms with E-state index in [1.54, 1.807) is 49.4 Å². The van der Waals surface area contributed by atoms with Crippen molar-refractivity contribution in [1.82, 2.24) is 5.32 Å². The zero-order chi connectivity index (χ0) is 24.0. The van der Waals surface area contributed by atoms with Crippen molar-refractivity contribution in [1.29, 1.82) is 0 Å². The fraction of sp³-hybridized carbons (Fsp3) is 0.174. The first-order valence-electron chi connectivity index (χ1n) is 9.79. The summed E-state index contributed by atoms with van der Waals surface area (Å²) >= 11 is 12.0. The molecule has 0 saturated carbocycles. The number of ether oxygens (including phenoxy) is 2. The fourth-order valence-corrected chi connectivity index (χ4v) is 4.50. The van der Waals surface area contributed by atoms with E-state index in [1.165, 1.54) is 25.3 Å². The van der Waals surface area contributed by atoms with Gasteiger partial charge < -0.3 is 14.8 Å². The van der Waals surface area contributed by atoms with Crippen LogP contribution in [0.4, 0.5) is 5.69 Å². The first-order valence-corrected chi connectivity index (χ1v) is 12.0. The molecular weight excluding hydrogens is 487 g/mol. The normalized spacial score (nSPS) is 11.0. The lowest BCUT2D eigenvalue weighted by atomic mass is 10.2. The van der Waals surface area contributed by atoms with Gasteiger partial charge in [-0.2, -0.15) is 0 Å². The quantitative estimate of drug-likeness (QED) is 0.432. The molecule has 2 N–H and O–H groups in total. The van der Waals surface area contributed by atoms with E-state index >= 15 is 0 Å². The molecule has 0 bridgehead atoms. The highest BCUT2D eigenvalue weighted by molar-refractivity contribution is 7.92. The van der Waals surface area contributed by atoms with Crippen molar-refractivity contribution in [3.05, 3.63) is 81.8 Å². The molecule has 0 aliphatic heterocycles. The molecule has 1 amide bonds. The maximum absolute atomic E-state index is 12.7. The van der Waals surface area contributed by atoms with Crippen molar-refractivity contribution in [3.63, 3.8) is 0 Å². The predicted octanol–water partition coefficient (Wildman–Crippen LogP) is 4.81. The third kappa shape index (κ3) is 6.77. The van der Waals surface area contributed by atoms with Crippen LogP contribution >= 0.6 is 23.2 Å². The maximum atomic E-state index is 12.7. The number of carbonyl (C=O) groups excluding carboxylic acids is 1. The number of amides is 1. The summed E-state index contributed by atoms with van der Waals surface area (Å²) in [6, 6.07) is 16.0. The SMILES string of the molecule is COc1ccc(NS(=O)(=O)c2ccc(OCC(=O)NCc3ccc(Cl)cc3Cl)c(C)c2)cc1. The van der Waals surface area contributed by atoms with Crippen molar-refractivity contribution in [2.24, 2.45) is 0 Å². The number of benzene rings is 3. The first-order chi connectivity index (χ1) is 15.7. The molecule has 0 spiro atoms. The first kappa shape index (κ1) is 24.7. The van der Waals surface area contributed by atoms with E-state index in [9.17, 15) is 13.2 Å². The number of aryl methyl sites for hydroxylation is 1. The Kier molecular flexibility index (Phi) is 8.07. The summed E-state index contributed by atoms with van der Waals surface area (Å²) in [5.41, 5.74) is 1.71. The van der Waals surface area contributed by atoms with Crippen LogP contribution in [-0.2, 0) is 21.4 Å². The summed E-state index contributed by atoms with van der Waals surface area (Å²) in [7, 11) is -2.27. The largest absolute Gasteiger partial charge is 0.497 e. The van der Waals surface area contributed by atoms with Gasteiger partial charge >= 0.3 is 0 Å². The highest BCUT2D eigenvalue weighted by atomic mass is 35.5. The molecule has 0 heterocycles. The minimum Gasteiger partial charge on any atom is -0.497 e. The molecule has 0 unspecified atom stereocenters. The molecule has 10 heteroatoms. The summed E-state index contributed by atoms with van der Waals surface area (Å²) in [6.45, 7) is 1.70.